The van der Waals surface area contributed by atoms with E-state index in [1.807, 2.05) is 60.7 Å². The highest BCUT2D eigenvalue weighted by atomic mass is 16.5. The van der Waals surface area contributed by atoms with Crippen molar-refractivity contribution in [2.75, 3.05) is 31.8 Å². The second-order valence-corrected chi connectivity index (χ2v) is 10.3. The summed E-state index contributed by atoms with van der Waals surface area (Å²) in [6.45, 7) is 4.45. The van der Waals surface area contributed by atoms with E-state index >= 15 is 0 Å². The van der Waals surface area contributed by atoms with E-state index in [0.29, 0.717) is 23.7 Å². The van der Waals surface area contributed by atoms with Crippen molar-refractivity contribution >= 4 is 28.5 Å². The minimum Gasteiger partial charge on any atom is -0.493 e. The molecule has 1 unspecified atom stereocenters. The summed E-state index contributed by atoms with van der Waals surface area (Å²) in [6.07, 6.45) is 1.72. The maximum atomic E-state index is 13.8. The van der Waals surface area contributed by atoms with Crippen molar-refractivity contribution < 1.29 is 24.2 Å². The Hall–Kier alpha value is -4.47. The van der Waals surface area contributed by atoms with Gasteiger partial charge >= 0.3 is 6.03 Å². The lowest BCUT2D eigenvalue weighted by Crippen LogP contribution is -2.43. The lowest BCUT2D eigenvalue weighted by Gasteiger charge is -2.28. The molecule has 1 aliphatic heterocycles. The van der Waals surface area contributed by atoms with E-state index in [1.54, 1.807) is 43.1 Å². The van der Waals surface area contributed by atoms with Crippen LogP contribution in [0.1, 0.15) is 31.0 Å². The SMILES string of the molecule is COc1ccc(N2C(=O)N(Cc3ccnc4ccccc34)C(C)(C)C2=O)cc1OCCNC(CO)c1ccccc1. The first-order valence-corrected chi connectivity index (χ1v) is 13.5. The van der Waals surface area contributed by atoms with Crippen molar-refractivity contribution in [2.45, 2.75) is 32.0 Å². The molecule has 212 valence electrons. The number of hydrogen-bond donors (Lipinski definition) is 2. The molecule has 41 heavy (non-hydrogen) atoms. The lowest BCUT2D eigenvalue weighted by atomic mass is 10.0. The smallest absolute Gasteiger partial charge is 0.332 e. The van der Waals surface area contributed by atoms with Crippen LogP contribution in [0.15, 0.2) is 85.1 Å². The van der Waals surface area contributed by atoms with Gasteiger partial charge in [-0.3, -0.25) is 9.78 Å². The predicted molar refractivity (Wildman–Crippen MR) is 157 cm³/mol. The number of aliphatic hydroxyl groups excluding tert-OH is 1. The van der Waals surface area contributed by atoms with E-state index in [4.69, 9.17) is 9.47 Å². The van der Waals surface area contributed by atoms with Crippen LogP contribution < -0.4 is 19.7 Å². The molecular formula is C32H34N4O5. The Bertz CT molecular complexity index is 1540. The highest BCUT2D eigenvalue weighted by Crippen LogP contribution is 2.38. The molecule has 1 fully saturated rings. The standard InChI is InChI=1S/C32H34N4O5/c1-32(2)30(38)36(31(39)35(32)20-23-15-16-33-26-12-8-7-11-25(23)26)24-13-14-28(40-3)29(19-24)41-18-17-34-27(21-37)22-9-5-4-6-10-22/h4-16,19,27,34,37H,17-18,20-21H2,1-3H3. The number of imide groups is 1. The number of nitrogens with zero attached hydrogens (tertiary/aromatic N) is 3. The van der Waals surface area contributed by atoms with Crippen molar-refractivity contribution in [3.05, 3.63) is 96.2 Å². The molecule has 0 radical (unpaired) electrons. The molecule has 2 N–H and O–H groups in total. The Morgan fingerprint density at radius 2 is 1.73 bits per heavy atom. The van der Waals surface area contributed by atoms with E-state index in [2.05, 4.69) is 10.3 Å². The summed E-state index contributed by atoms with van der Waals surface area (Å²) in [5.74, 6) is 0.560. The number of nitrogens with one attached hydrogen (secondary N) is 1. The van der Waals surface area contributed by atoms with Crippen LogP contribution in [-0.2, 0) is 11.3 Å². The number of aromatic nitrogens is 1. The summed E-state index contributed by atoms with van der Waals surface area (Å²) in [6, 6.07) is 23.7. The second kappa shape index (κ2) is 12.0. The number of methoxy groups -OCH3 is 1. The Kier molecular flexibility index (Phi) is 8.19. The van der Waals surface area contributed by atoms with Crippen LogP contribution in [0, 0.1) is 0 Å². The van der Waals surface area contributed by atoms with Crippen molar-refractivity contribution in [3.8, 4) is 11.5 Å². The van der Waals surface area contributed by atoms with Crippen molar-refractivity contribution in [3.63, 3.8) is 0 Å². The molecule has 1 saturated heterocycles. The van der Waals surface area contributed by atoms with Crippen LogP contribution in [0.5, 0.6) is 11.5 Å². The molecule has 0 aliphatic carbocycles. The number of carbonyl (C=O) groups excluding carboxylic acids is 2. The predicted octanol–water partition coefficient (Wildman–Crippen LogP) is 4.69. The number of para-hydroxylation sites is 1. The highest BCUT2D eigenvalue weighted by molar-refractivity contribution is 6.23. The summed E-state index contributed by atoms with van der Waals surface area (Å²) in [7, 11) is 1.54. The van der Waals surface area contributed by atoms with Gasteiger partial charge in [0.2, 0.25) is 0 Å². The number of ether oxygens (including phenoxy) is 2. The van der Waals surface area contributed by atoms with Gasteiger partial charge in [0.1, 0.15) is 12.1 Å². The first-order chi connectivity index (χ1) is 19.8. The van der Waals surface area contributed by atoms with Crippen LogP contribution in [0.2, 0.25) is 0 Å². The quantitative estimate of drug-likeness (QED) is 0.205. The zero-order valence-electron chi connectivity index (χ0n) is 23.4. The normalized spacial score (nSPS) is 15.4. The zero-order valence-corrected chi connectivity index (χ0v) is 23.4. The maximum absolute atomic E-state index is 13.8. The zero-order chi connectivity index (χ0) is 29.0. The molecule has 1 atom stereocenters. The summed E-state index contributed by atoms with van der Waals surface area (Å²) in [5.41, 5.74) is 2.06. The molecule has 3 amide bonds. The first kappa shape index (κ1) is 28.1. The van der Waals surface area contributed by atoms with E-state index < -0.39 is 11.6 Å². The van der Waals surface area contributed by atoms with Gasteiger partial charge in [0, 0.05) is 30.7 Å². The molecule has 2 heterocycles. The number of aliphatic hydroxyl groups is 1. The molecule has 0 spiro atoms. The minimum absolute atomic E-state index is 0.0520. The third-order valence-electron chi connectivity index (χ3n) is 7.43. The number of carbonyl (C=O) groups is 2. The number of amides is 3. The van der Waals surface area contributed by atoms with Gasteiger partial charge in [-0.05, 0) is 49.2 Å². The van der Waals surface area contributed by atoms with Gasteiger partial charge in [-0.2, -0.15) is 0 Å². The van der Waals surface area contributed by atoms with Gasteiger partial charge in [0.15, 0.2) is 11.5 Å². The average molecular weight is 555 g/mol. The third kappa shape index (κ3) is 5.59. The molecule has 1 aliphatic rings. The van der Waals surface area contributed by atoms with E-state index in [-0.39, 0.29) is 31.7 Å². The van der Waals surface area contributed by atoms with Gasteiger partial charge in [-0.25, -0.2) is 9.69 Å². The Morgan fingerprint density at radius 3 is 2.49 bits per heavy atom. The largest absolute Gasteiger partial charge is 0.493 e. The van der Waals surface area contributed by atoms with Crippen LogP contribution in [0.25, 0.3) is 10.9 Å². The topological polar surface area (TPSA) is 104 Å². The fourth-order valence-corrected chi connectivity index (χ4v) is 5.08. The molecule has 0 saturated carbocycles. The first-order valence-electron chi connectivity index (χ1n) is 13.5. The van der Waals surface area contributed by atoms with Crippen LogP contribution in [0.3, 0.4) is 0 Å². The lowest BCUT2D eigenvalue weighted by molar-refractivity contribution is -0.123. The highest BCUT2D eigenvalue weighted by Gasteiger charge is 2.52. The molecule has 3 aromatic carbocycles. The molecule has 5 rings (SSSR count). The number of anilines is 1. The molecular weight excluding hydrogens is 520 g/mol. The number of rotatable bonds is 11. The third-order valence-corrected chi connectivity index (χ3v) is 7.43. The fourth-order valence-electron chi connectivity index (χ4n) is 5.08. The van der Waals surface area contributed by atoms with E-state index in [9.17, 15) is 14.7 Å². The molecule has 1 aromatic heterocycles. The monoisotopic (exact) mass is 554 g/mol. The Balaban J connectivity index is 1.33. The number of fused-ring (bicyclic) bond motifs is 1. The van der Waals surface area contributed by atoms with E-state index in [1.165, 1.54) is 12.0 Å². The van der Waals surface area contributed by atoms with Crippen molar-refractivity contribution in [2.24, 2.45) is 0 Å². The number of benzene rings is 3. The van der Waals surface area contributed by atoms with Crippen LogP contribution in [0.4, 0.5) is 10.5 Å². The molecule has 0 bridgehead atoms. The summed E-state index contributed by atoms with van der Waals surface area (Å²) >= 11 is 0. The van der Waals surface area contributed by atoms with Gasteiger partial charge in [-0.15, -0.1) is 0 Å². The Morgan fingerprint density at radius 1 is 0.976 bits per heavy atom. The van der Waals surface area contributed by atoms with E-state index in [0.717, 1.165) is 22.0 Å². The Labute approximate surface area is 239 Å². The number of hydrogen-bond acceptors (Lipinski definition) is 7. The van der Waals surface area contributed by atoms with Gasteiger partial charge in [0.05, 0.1) is 31.0 Å². The molecule has 9 heteroatoms. The summed E-state index contributed by atoms with van der Waals surface area (Å²) in [5, 5.41) is 14.0. The van der Waals surface area contributed by atoms with Gasteiger partial charge in [0.25, 0.3) is 5.91 Å². The average Bonchev–Trinajstić information content (AvgIpc) is 3.16. The summed E-state index contributed by atoms with van der Waals surface area (Å²) in [4.78, 5) is 34.6. The van der Waals surface area contributed by atoms with Crippen LogP contribution in [-0.4, -0.2) is 59.3 Å². The van der Waals surface area contributed by atoms with Crippen LogP contribution >= 0.6 is 0 Å². The maximum Gasteiger partial charge on any atom is 0.332 e. The van der Waals surface area contributed by atoms with Crippen molar-refractivity contribution in [1.82, 2.24) is 15.2 Å². The summed E-state index contributed by atoms with van der Waals surface area (Å²) < 4.78 is 11.5. The fraction of sp³-hybridized carbons (Fsp3) is 0.281. The number of urea groups is 1. The van der Waals surface area contributed by atoms with Gasteiger partial charge in [-0.1, -0.05) is 48.5 Å². The minimum atomic E-state index is -1.07. The number of pyridine rings is 1. The molecule has 4 aromatic rings. The van der Waals surface area contributed by atoms with Gasteiger partial charge < -0.3 is 24.8 Å². The molecule has 9 nitrogen and oxygen atoms in total. The van der Waals surface area contributed by atoms with Crippen molar-refractivity contribution in [1.29, 1.82) is 0 Å². The second-order valence-electron chi connectivity index (χ2n) is 10.3.